The van der Waals surface area contributed by atoms with Gasteiger partial charge in [-0.15, -0.1) is 0 Å². The maximum absolute atomic E-state index is 13.7. The van der Waals surface area contributed by atoms with E-state index in [-0.39, 0.29) is 12.1 Å². The minimum atomic E-state index is -0.857. The van der Waals surface area contributed by atoms with Crippen molar-refractivity contribution in [3.63, 3.8) is 0 Å². The maximum Gasteiger partial charge on any atom is 0.254 e. The Bertz CT molecular complexity index is 758. The lowest BCUT2D eigenvalue weighted by molar-refractivity contribution is 0.0947. The number of hydrogen-bond acceptors (Lipinski definition) is 3. The van der Waals surface area contributed by atoms with Gasteiger partial charge in [-0.05, 0) is 30.8 Å². The van der Waals surface area contributed by atoms with E-state index in [2.05, 4.69) is 22.2 Å². The zero-order valence-electron chi connectivity index (χ0n) is 14.1. The molecule has 1 aliphatic rings. The topological polar surface area (TPSA) is 35.6 Å². The standard InChI is InChI=1S/C19H21F2N3O/c1-23-8-10-24(11-9-23)18-5-3-2-4-14(18)13-22-19(25)16-7-6-15(20)12-17(16)21/h2-7,12H,8-11,13H2,1H3,(H,22,25). The third-order valence-electron chi connectivity index (χ3n) is 4.45. The lowest BCUT2D eigenvalue weighted by Gasteiger charge is -2.35. The number of anilines is 1. The molecule has 0 atom stereocenters. The monoisotopic (exact) mass is 345 g/mol. The summed E-state index contributed by atoms with van der Waals surface area (Å²) in [7, 11) is 2.10. The largest absolute Gasteiger partial charge is 0.369 e. The number of para-hydroxylation sites is 1. The first-order valence-corrected chi connectivity index (χ1v) is 8.29. The fourth-order valence-corrected chi connectivity index (χ4v) is 2.96. The normalized spacial score (nSPS) is 15.2. The van der Waals surface area contributed by atoms with E-state index in [1.165, 1.54) is 0 Å². The van der Waals surface area contributed by atoms with Crippen LogP contribution in [0.3, 0.4) is 0 Å². The third-order valence-corrected chi connectivity index (χ3v) is 4.45. The van der Waals surface area contributed by atoms with Gasteiger partial charge < -0.3 is 15.1 Å². The van der Waals surface area contributed by atoms with Crippen molar-refractivity contribution in [1.82, 2.24) is 10.2 Å². The molecule has 1 fully saturated rings. The summed E-state index contributed by atoms with van der Waals surface area (Å²) in [6, 6.07) is 10.8. The number of nitrogens with zero attached hydrogens (tertiary/aromatic N) is 2. The highest BCUT2D eigenvalue weighted by Crippen LogP contribution is 2.22. The van der Waals surface area contributed by atoms with Crippen molar-refractivity contribution in [2.75, 3.05) is 38.1 Å². The molecule has 1 aliphatic heterocycles. The first-order chi connectivity index (χ1) is 12.0. The fraction of sp³-hybridized carbons (Fsp3) is 0.316. The highest BCUT2D eigenvalue weighted by atomic mass is 19.1. The molecular weight excluding hydrogens is 324 g/mol. The van der Waals surface area contributed by atoms with Gasteiger partial charge in [0.25, 0.3) is 5.91 Å². The number of hydrogen-bond donors (Lipinski definition) is 1. The van der Waals surface area contributed by atoms with Gasteiger partial charge in [0.2, 0.25) is 0 Å². The van der Waals surface area contributed by atoms with E-state index in [0.29, 0.717) is 6.07 Å². The summed E-state index contributed by atoms with van der Waals surface area (Å²) in [5.41, 5.74) is 1.90. The summed E-state index contributed by atoms with van der Waals surface area (Å²) in [4.78, 5) is 16.8. The van der Waals surface area contributed by atoms with Crippen LogP contribution in [0.1, 0.15) is 15.9 Å². The van der Waals surface area contributed by atoms with Gasteiger partial charge in [0.15, 0.2) is 0 Å². The summed E-state index contributed by atoms with van der Waals surface area (Å²) in [6.45, 7) is 4.11. The van der Waals surface area contributed by atoms with Crippen LogP contribution in [0.4, 0.5) is 14.5 Å². The van der Waals surface area contributed by atoms with Gasteiger partial charge in [0, 0.05) is 44.5 Å². The van der Waals surface area contributed by atoms with Crippen LogP contribution in [-0.2, 0) is 6.54 Å². The number of piperazine rings is 1. The molecule has 0 unspecified atom stereocenters. The molecule has 1 amide bonds. The van der Waals surface area contributed by atoms with E-state index >= 15 is 0 Å². The lowest BCUT2D eigenvalue weighted by Crippen LogP contribution is -2.45. The van der Waals surface area contributed by atoms with Gasteiger partial charge in [0.1, 0.15) is 11.6 Å². The Morgan fingerprint density at radius 1 is 1.08 bits per heavy atom. The molecule has 0 radical (unpaired) electrons. The van der Waals surface area contributed by atoms with E-state index in [4.69, 9.17) is 0 Å². The van der Waals surface area contributed by atoms with Crippen LogP contribution in [0, 0.1) is 11.6 Å². The van der Waals surface area contributed by atoms with Gasteiger partial charge in [-0.2, -0.15) is 0 Å². The predicted molar refractivity (Wildman–Crippen MR) is 93.7 cm³/mol. The Balaban J connectivity index is 1.70. The van der Waals surface area contributed by atoms with Crippen LogP contribution in [0.2, 0.25) is 0 Å². The van der Waals surface area contributed by atoms with E-state index in [0.717, 1.165) is 49.6 Å². The number of amides is 1. The second-order valence-electron chi connectivity index (χ2n) is 6.23. The van der Waals surface area contributed by atoms with E-state index in [9.17, 15) is 13.6 Å². The van der Waals surface area contributed by atoms with Gasteiger partial charge >= 0.3 is 0 Å². The highest BCUT2D eigenvalue weighted by molar-refractivity contribution is 5.94. The molecule has 2 aromatic carbocycles. The number of likely N-dealkylation sites (N-methyl/N-ethyl adjacent to an activating group) is 1. The summed E-state index contributed by atoms with van der Waals surface area (Å²) in [6.07, 6.45) is 0. The van der Waals surface area contributed by atoms with Crippen LogP contribution >= 0.6 is 0 Å². The quantitative estimate of drug-likeness (QED) is 0.925. The van der Waals surface area contributed by atoms with Crippen molar-refractivity contribution in [1.29, 1.82) is 0 Å². The van der Waals surface area contributed by atoms with Crippen LogP contribution in [0.15, 0.2) is 42.5 Å². The number of rotatable bonds is 4. The van der Waals surface area contributed by atoms with E-state index < -0.39 is 17.5 Å². The number of carbonyl (C=O) groups excluding carboxylic acids is 1. The highest BCUT2D eigenvalue weighted by Gasteiger charge is 2.18. The average Bonchev–Trinajstić information content (AvgIpc) is 2.61. The molecule has 1 heterocycles. The van der Waals surface area contributed by atoms with Gasteiger partial charge in [-0.25, -0.2) is 8.78 Å². The predicted octanol–water partition coefficient (Wildman–Crippen LogP) is 2.65. The molecule has 0 aliphatic carbocycles. The van der Waals surface area contributed by atoms with Gasteiger partial charge in [-0.1, -0.05) is 18.2 Å². The Labute approximate surface area is 146 Å². The molecule has 0 saturated carbocycles. The molecule has 1 N–H and O–H groups in total. The number of halogens is 2. The molecule has 4 nitrogen and oxygen atoms in total. The summed E-state index contributed by atoms with van der Waals surface area (Å²) < 4.78 is 26.7. The summed E-state index contributed by atoms with van der Waals surface area (Å²) >= 11 is 0. The van der Waals surface area contributed by atoms with Crippen molar-refractivity contribution in [3.05, 3.63) is 65.2 Å². The molecule has 2 aromatic rings. The van der Waals surface area contributed by atoms with Crippen LogP contribution in [0.5, 0.6) is 0 Å². The molecule has 3 rings (SSSR count). The minimum Gasteiger partial charge on any atom is -0.369 e. The summed E-state index contributed by atoms with van der Waals surface area (Å²) in [5.74, 6) is -2.11. The first-order valence-electron chi connectivity index (χ1n) is 8.29. The second-order valence-corrected chi connectivity index (χ2v) is 6.23. The SMILES string of the molecule is CN1CCN(c2ccccc2CNC(=O)c2ccc(F)cc2F)CC1. The third kappa shape index (κ3) is 4.14. The molecule has 132 valence electrons. The second kappa shape index (κ2) is 7.61. The molecule has 6 heteroatoms. The number of nitrogens with one attached hydrogen (secondary N) is 1. The van der Waals surface area contributed by atoms with Crippen molar-refractivity contribution < 1.29 is 13.6 Å². The zero-order valence-corrected chi connectivity index (χ0v) is 14.1. The van der Waals surface area contributed by atoms with Crippen molar-refractivity contribution >= 4 is 11.6 Å². The Kier molecular flexibility index (Phi) is 5.28. The van der Waals surface area contributed by atoms with Gasteiger partial charge in [-0.3, -0.25) is 4.79 Å². The Morgan fingerprint density at radius 3 is 2.52 bits per heavy atom. The smallest absolute Gasteiger partial charge is 0.254 e. The number of benzene rings is 2. The van der Waals surface area contributed by atoms with Crippen LogP contribution in [-0.4, -0.2) is 44.0 Å². The molecule has 25 heavy (non-hydrogen) atoms. The Morgan fingerprint density at radius 2 is 1.80 bits per heavy atom. The van der Waals surface area contributed by atoms with Crippen molar-refractivity contribution in [2.24, 2.45) is 0 Å². The van der Waals surface area contributed by atoms with E-state index in [1.807, 2.05) is 24.3 Å². The lowest BCUT2D eigenvalue weighted by atomic mass is 10.1. The molecular formula is C19H21F2N3O. The zero-order chi connectivity index (χ0) is 17.8. The van der Waals surface area contributed by atoms with Crippen molar-refractivity contribution in [2.45, 2.75) is 6.54 Å². The van der Waals surface area contributed by atoms with Crippen LogP contribution < -0.4 is 10.2 Å². The molecule has 0 bridgehead atoms. The summed E-state index contributed by atoms with van der Waals surface area (Å²) in [5, 5.41) is 2.73. The van der Waals surface area contributed by atoms with E-state index in [1.54, 1.807) is 0 Å². The van der Waals surface area contributed by atoms with Gasteiger partial charge in [0.05, 0.1) is 5.56 Å². The molecule has 0 aromatic heterocycles. The Hall–Kier alpha value is -2.47. The molecule has 0 spiro atoms. The molecule has 1 saturated heterocycles. The number of carbonyl (C=O) groups is 1. The van der Waals surface area contributed by atoms with Crippen LogP contribution in [0.25, 0.3) is 0 Å². The minimum absolute atomic E-state index is 0.154. The van der Waals surface area contributed by atoms with Crippen molar-refractivity contribution in [3.8, 4) is 0 Å². The maximum atomic E-state index is 13.7. The average molecular weight is 345 g/mol. The fourth-order valence-electron chi connectivity index (χ4n) is 2.96. The first kappa shape index (κ1) is 17.4.